The number of carbonyl (C=O) groups excluding carboxylic acids is 1. The summed E-state index contributed by atoms with van der Waals surface area (Å²) in [5.74, 6) is 0.469. The lowest BCUT2D eigenvalue weighted by Crippen LogP contribution is -2.39. The van der Waals surface area contributed by atoms with E-state index in [0.717, 1.165) is 0 Å². The van der Waals surface area contributed by atoms with E-state index in [1.165, 1.54) is 0 Å². The normalized spacial score (nSPS) is 11.9. The standard InChI is InChI=1S/C10H16BrN5O2/c1-6(9(17)13-3-4-18-2)14-10-15-7(11)5-8(12)16-10/h5-6H,3-4H2,1-2H3,(H,13,17)(H3,12,14,15,16). The van der Waals surface area contributed by atoms with Gasteiger partial charge in [0.25, 0.3) is 0 Å². The Kier molecular flexibility index (Phi) is 5.79. The number of hydrogen-bond donors (Lipinski definition) is 3. The van der Waals surface area contributed by atoms with E-state index in [1.54, 1.807) is 20.1 Å². The minimum atomic E-state index is -0.462. The van der Waals surface area contributed by atoms with Crippen molar-refractivity contribution in [2.24, 2.45) is 0 Å². The summed E-state index contributed by atoms with van der Waals surface area (Å²) >= 11 is 3.20. The van der Waals surface area contributed by atoms with Crippen LogP contribution in [0.4, 0.5) is 11.8 Å². The second-order valence-electron chi connectivity index (χ2n) is 3.59. The topological polar surface area (TPSA) is 102 Å². The molecular weight excluding hydrogens is 302 g/mol. The van der Waals surface area contributed by atoms with Crippen LogP contribution in [0.2, 0.25) is 0 Å². The van der Waals surface area contributed by atoms with Crippen molar-refractivity contribution in [3.05, 3.63) is 10.7 Å². The summed E-state index contributed by atoms with van der Waals surface area (Å²) < 4.78 is 5.40. The van der Waals surface area contributed by atoms with Crippen LogP contribution in [0.5, 0.6) is 0 Å². The Morgan fingerprint density at radius 2 is 2.33 bits per heavy atom. The molecule has 0 radical (unpaired) electrons. The van der Waals surface area contributed by atoms with Crippen molar-refractivity contribution in [3.63, 3.8) is 0 Å². The van der Waals surface area contributed by atoms with Crippen LogP contribution in [-0.4, -0.2) is 42.2 Å². The number of carbonyl (C=O) groups is 1. The molecule has 1 heterocycles. The molecule has 18 heavy (non-hydrogen) atoms. The van der Waals surface area contributed by atoms with Gasteiger partial charge in [0.2, 0.25) is 11.9 Å². The van der Waals surface area contributed by atoms with E-state index in [-0.39, 0.29) is 5.91 Å². The highest BCUT2D eigenvalue weighted by Gasteiger charge is 2.13. The minimum Gasteiger partial charge on any atom is -0.383 e. The summed E-state index contributed by atoms with van der Waals surface area (Å²) in [7, 11) is 1.58. The first-order valence-electron chi connectivity index (χ1n) is 5.36. The third-order valence-corrected chi connectivity index (χ3v) is 2.47. The maximum absolute atomic E-state index is 11.7. The molecule has 0 fully saturated rings. The van der Waals surface area contributed by atoms with Gasteiger partial charge in [0.1, 0.15) is 16.5 Å². The van der Waals surface area contributed by atoms with Crippen molar-refractivity contribution in [2.75, 3.05) is 31.3 Å². The molecule has 1 aromatic rings. The lowest BCUT2D eigenvalue weighted by Gasteiger charge is -2.14. The Morgan fingerprint density at radius 3 is 2.94 bits per heavy atom. The van der Waals surface area contributed by atoms with Gasteiger partial charge in [-0.1, -0.05) is 0 Å². The first-order chi connectivity index (χ1) is 8.52. The smallest absolute Gasteiger partial charge is 0.242 e. The number of anilines is 2. The molecule has 0 aliphatic heterocycles. The fourth-order valence-corrected chi connectivity index (χ4v) is 1.59. The van der Waals surface area contributed by atoms with Crippen LogP contribution in [0.3, 0.4) is 0 Å². The van der Waals surface area contributed by atoms with Gasteiger partial charge in [-0.3, -0.25) is 4.79 Å². The third-order valence-electron chi connectivity index (χ3n) is 2.06. The number of nitrogens with two attached hydrogens (primary N) is 1. The fourth-order valence-electron chi connectivity index (χ4n) is 1.19. The Bertz CT molecular complexity index is 395. The van der Waals surface area contributed by atoms with Gasteiger partial charge in [-0.05, 0) is 22.9 Å². The number of nitrogens with one attached hydrogen (secondary N) is 2. The van der Waals surface area contributed by atoms with Crippen LogP contribution in [0.25, 0.3) is 0 Å². The molecule has 0 saturated heterocycles. The summed E-state index contributed by atoms with van der Waals surface area (Å²) in [4.78, 5) is 19.7. The van der Waals surface area contributed by atoms with E-state index in [9.17, 15) is 4.79 Å². The van der Waals surface area contributed by atoms with Gasteiger partial charge in [0, 0.05) is 19.7 Å². The van der Waals surface area contributed by atoms with Gasteiger partial charge < -0.3 is 21.1 Å². The number of nitrogen functional groups attached to an aromatic ring is 1. The molecule has 1 atom stereocenters. The van der Waals surface area contributed by atoms with Crippen LogP contribution < -0.4 is 16.4 Å². The number of methoxy groups -OCH3 is 1. The first kappa shape index (κ1) is 14.7. The van der Waals surface area contributed by atoms with E-state index in [4.69, 9.17) is 10.5 Å². The molecule has 0 aliphatic carbocycles. The number of hydrogen-bond acceptors (Lipinski definition) is 6. The van der Waals surface area contributed by atoms with Gasteiger partial charge in [0.05, 0.1) is 6.61 Å². The highest BCUT2D eigenvalue weighted by molar-refractivity contribution is 9.10. The van der Waals surface area contributed by atoms with E-state index in [2.05, 4.69) is 36.5 Å². The molecular formula is C10H16BrN5O2. The van der Waals surface area contributed by atoms with Gasteiger partial charge in [-0.15, -0.1) is 0 Å². The van der Waals surface area contributed by atoms with E-state index in [1.807, 2.05) is 0 Å². The molecule has 0 saturated carbocycles. The van der Waals surface area contributed by atoms with Gasteiger partial charge >= 0.3 is 0 Å². The summed E-state index contributed by atoms with van der Waals surface area (Å²) in [6.07, 6.45) is 0. The van der Waals surface area contributed by atoms with Crippen molar-refractivity contribution in [1.29, 1.82) is 0 Å². The average molecular weight is 318 g/mol. The summed E-state index contributed by atoms with van der Waals surface area (Å²) in [6.45, 7) is 2.64. The summed E-state index contributed by atoms with van der Waals surface area (Å²) in [6, 6.07) is 1.12. The number of halogens is 1. The number of amides is 1. The predicted octanol–water partition coefficient (Wildman–Crippen LogP) is 0.384. The monoisotopic (exact) mass is 317 g/mol. The average Bonchev–Trinajstić information content (AvgIpc) is 2.27. The predicted molar refractivity (Wildman–Crippen MR) is 72.1 cm³/mol. The largest absolute Gasteiger partial charge is 0.383 e. The van der Waals surface area contributed by atoms with Crippen molar-refractivity contribution in [2.45, 2.75) is 13.0 Å². The zero-order valence-electron chi connectivity index (χ0n) is 10.2. The minimum absolute atomic E-state index is 0.158. The lowest BCUT2D eigenvalue weighted by atomic mass is 10.3. The van der Waals surface area contributed by atoms with Crippen molar-refractivity contribution in [3.8, 4) is 0 Å². The molecule has 7 nitrogen and oxygen atoms in total. The maximum Gasteiger partial charge on any atom is 0.242 e. The molecule has 0 spiro atoms. The SMILES string of the molecule is COCCNC(=O)C(C)Nc1nc(N)cc(Br)n1. The Hall–Kier alpha value is -1.41. The lowest BCUT2D eigenvalue weighted by molar-refractivity contribution is -0.121. The highest BCUT2D eigenvalue weighted by Crippen LogP contribution is 2.12. The zero-order valence-corrected chi connectivity index (χ0v) is 11.8. The molecule has 0 aromatic carbocycles. The number of ether oxygens (including phenoxy) is 1. The molecule has 1 unspecified atom stereocenters. The van der Waals surface area contributed by atoms with Crippen LogP contribution >= 0.6 is 15.9 Å². The van der Waals surface area contributed by atoms with Crippen LogP contribution in [0, 0.1) is 0 Å². The molecule has 8 heteroatoms. The molecule has 1 amide bonds. The summed E-state index contributed by atoms with van der Waals surface area (Å²) in [5.41, 5.74) is 5.57. The highest BCUT2D eigenvalue weighted by atomic mass is 79.9. The van der Waals surface area contributed by atoms with Crippen LogP contribution in [0.15, 0.2) is 10.7 Å². The van der Waals surface area contributed by atoms with E-state index in [0.29, 0.717) is 29.5 Å². The second-order valence-corrected chi connectivity index (χ2v) is 4.40. The Morgan fingerprint density at radius 1 is 1.61 bits per heavy atom. The quantitative estimate of drug-likeness (QED) is 0.518. The molecule has 4 N–H and O–H groups in total. The number of rotatable bonds is 6. The van der Waals surface area contributed by atoms with E-state index < -0.39 is 6.04 Å². The van der Waals surface area contributed by atoms with Gasteiger partial charge in [0.15, 0.2) is 0 Å². The molecule has 0 bridgehead atoms. The molecule has 0 aliphatic rings. The van der Waals surface area contributed by atoms with Crippen molar-refractivity contribution >= 4 is 33.6 Å². The zero-order chi connectivity index (χ0) is 13.5. The number of nitrogens with zero attached hydrogens (tertiary/aromatic N) is 2. The first-order valence-corrected chi connectivity index (χ1v) is 6.15. The van der Waals surface area contributed by atoms with Crippen LogP contribution in [0.1, 0.15) is 6.92 Å². The van der Waals surface area contributed by atoms with Gasteiger partial charge in [-0.25, -0.2) is 4.98 Å². The Balaban J connectivity index is 2.52. The summed E-state index contributed by atoms with van der Waals surface area (Å²) in [5, 5.41) is 5.57. The number of aromatic nitrogens is 2. The fraction of sp³-hybridized carbons (Fsp3) is 0.500. The Labute approximate surface area is 114 Å². The molecule has 100 valence electrons. The van der Waals surface area contributed by atoms with Crippen molar-refractivity contribution < 1.29 is 9.53 Å². The van der Waals surface area contributed by atoms with Gasteiger partial charge in [-0.2, -0.15) is 4.98 Å². The van der Waals surface area contributed by atoms with E-state index >= 15 is 0 Å². The maximum atomic E-state index is 11.7. The van der Waals surface area contributed by atoms with Crippen molar-refractivity contribution in [1.82, 2.24) is 15.3 Å². The third kappa shape index (κ3) is 4.84. The van der Waals surface area contributed by atoms with Crippen LogP contribution in [-0.2, 0) is 9.53 Å². The molecule has 1 rings (SSSR count). The molecule has 1 aromatic heterocycles. The second kappa shape index (κ2) is 7.12.